The topological polar surface area (TPSA) is 61.4 Å². The monoisotopic (exact) mass is 252 g/mol. The van der Waals surface area contributed by atoms with Crippen molar-refractivity contribution < 1.29 is 14.3 Å². The minimum atomic E-state index is -0.810. The fraction of sp³-hybridized carbons (Fsp3) is 0.462. The smallest absolute Gasteiger partial charge is 0.305 e. The van der Waals surface area contributed by atoms with Crippen LogP contribution < -0.4 is 10.6 Å². The highest BCUT2D eigenvalue weighted by atomic mass is 19.1. The fourth-order valence-electron chi connectivity index (χ4n) is 2.19. The summed E-state index contributed by atoms with van der Waals surface area (Å²) in [6.07, 6.45) is 0.658. The van der Waals surface area contributed by atoms with E-state index in [2.05, 4.69) is 10.6 Å². The molecular weight excluding hydrogens is 235 g/mol. The van der Waals surface area contributed by atoms with E-state index in [4.69, 9.17) is 5.11 Å². The molecule has 0 radical (unpaired) electrons. The predicted octanol–water partition coefficient (Wildman–Crippen LogP) is 0.774. The van der Waals surface area contributed by atoms with Gasteiger partial charge in [0.1, 0.15) is 5.82 Å². The molecule has 1 saturated heterocycles. The third kappa shape index (κ3) is 3.05. The number of carboxylic acids is 1. The maximum Gasteiger partial charge on any atom is 0.305 e. The Hall–Kier alpha value is -1.46. The Morgan fingerprint density at radius 1 is 1.44 bits per heavy atom. The summed E-state index contributed by atoms with van der Waals surface area (Å²) in [5.41, 5.74) is 0.291. The van der Waals surface area contributed by atoms with Crippen molar-refractivity contribution in [2.24, 2.45) is 0 Å². The van der Waals surface area contributed by atoms with Crippen LogP contribution in [0.25, 0.3) is 0 Å². The van der Waals surface area contributed by atoms with Gasteiger partial charge in [0, 0.05) is 13.1 Å². The Morgan fingerprint density at radius 2 is 2.17 bits per heavy atom. The Balaban J connectivity index is 1.84. The molecule has 3 N–H and O–H groups in total. The quantitative estimate of drug-likeness (QED) is 0.700. The number of nitrogens with one attached hydrogen (secondary N) is 2. The van der Waals surface area contributed by atoms with E-state index in [9.17, 15) is 9.18 Å². The van der Waals surface area contributed by atoms with Crippen LogP contribution >= 0.6 is 0 Å². The predicted molar refractivity (Wildman–Crippen MR) is 66.0 cm³/mol. The van der Waals surface area contributed by atoms with Gasteiger partial charge >= 0.3 is 5.97 Å². The van der Waals surface area contributed by atoms with Gasteiger partial charge in [-0.05, 0) is 24.6 Å². The Bertz CT molecular complexity index is 433. The van der Waals surface area contributed by atoms with Crippen LogP contribution in [0.5, 0.6) is 0 Å². The van der Waals surface area contributed by atoms with Crippen LogP contribution in [0.3, 0.4) is 0 Å². The first-order valence-electron chi connectivity index (χ1n) is 6.02. The van der Waals surface area contributed by atoms with E-state index in [1.54, 1.807) is 18.2 Å². The van der Waals surface area contributed by atoms with Gasteiger partial charge in [0.05, 0.1) is 12.0 Å². The Kier molecular flexibility index (Phi) is 3.93. The van der Waals surface area contributed by atoms with Gasteiger partial charge in [-0.3, -0.25) is 4.79 Å². The van der Waals surface area contributed by atoms with E-state index in [1.165, 1.54) is 6.07 Å². The van der Waals surface area contributed by atoms with E-state index in [-0.39, 0.29) is 17.8 Å². The first-order valence-corrected chi connectivity index (χ1v) is 6.02. The lowest BCUT2D eigenvalue weighted by molar-refractivity contribution is -0.139. The van der Waals surface area contributed by atoms with E-state index < -0.39 is 5.97 Å². The summed E-state index contributed by atoms with van der Waals surface area (Å²) in [7, 11) is 0. The van der Waals surface area contributed by atoms with Gasteiger partial charge in [-0.15, -0.1) is 0 Å². The number of carboxylic acid groups (broad SMARTS) is 1. The summed E-state index contributed by atoms with van der Waals surface area (Å²) in [6.45, 7) is 1.88. The molecule has 0 spiro atoms. The van der Waals surface area contributed by atoms with Crippen molar-refractivity contribution >= 4 is 5.97 Å². The number of carbonyl (C=O) groups is 1. The zero-order valence-corrected chi connectivity index (χ0v) is 10.1. The molecule has 18 heavy (non-hydrogen) atoms. The summed E-state index contributed by atoms with van der Waals surface area (Å²) in [5.74, 6) is -1.02. The molecule has 0 unspecified atom stereocenters. The number of hydrogen-bond donors (Lipinski definition) is 3. The van der Waals surface area contributed by atoms with E-state index in [1.807, 2.05) is 0 Å². The second-order valence-electron chi connectivity index (χ2n) is 4.72. The van der Waals surface area contributed by atoms with Gasteiger partial charge < -0.3 is 15.7 Å². The van der Waals surface area contributed by atoms with Gasteiger partial charge in [0.25, 0.3) is 0 Å². The molecule has 98 valence electrons. The number of rotatable bonds is 6. The highest BCUT2D eigenvalue weighted by molar-refractivity contribution is 5.68. The Morgan fingerprint density at radius 3 is 2.72 bits per heavy atom. The first-order chi connectivity index (χ1) is 8.61. The minimum absolute atomic E-state index is 0.0945. The Labute approximate surface area is 105 Å². The zero-order valence-electron chi connectivity index (χ0n) is 10.1. The molecule has 5 heteroatoms. The molecule has 1 aliphatic rings. The number of hydrogen-bond acceptors (Lipinski definition) is 3. The normalized spacial score (nSPS) is 17.2. The average molecular weight is 252 g/mol. The molecule has 1 heterocycles. The summed E-state index contributed by atoms with van der Waals surface area (Å²) in [4.78, 5) is 10.8. The lowest BCUT2D eigenvalue weighted by Gasteiger charge is -2.42. The van der Waals surface area contributed by atoms with Gasteiger partial charge in [0.2, 0.25) is 0 Å². The molecule has 4 nitrogen and oxygen atoms in total. The molecular formula is C13H17FN2O2. The van der Waals surface area contributed by atoms with Gasteiger partial charge in [-0.25, -0.2) is 4.39 Å². The van der Waals surface area contributed by atoms with Gasteiger partial charge in [-0.1, -0.05) is 18.2 Å². The van der Waals surface area contributed by atoms with Crippen LogP contribution in [0.1, 0.15) is 12.0 Å². The largest absolute Gasteiger partial charge is 0.481 e. The number of halogens is 1. The summed E-state index contributed by atoms with van der Waals surface area (Å²) in [6, 6.07) is 6.65. The lowest BCUT2D eigenvalue weighted by atomic mass is 9.88. The molecule has 0 atom stereocenters. The standard InChI is InChI=1S/C13H17FN2O2/c14-11-4-2-1-3-10(11)5-6-16-13(7-12(17)18)8-15-9-13/h1-4,15-16H,5-9H2,(H,17,18). The van der Waals surface area contributed by atoms with Gasteiger partial charge in [-0.2, -0.15) is 0 Å². The van der Waals surface area contributed by atoms with Crippen LogP contribution in [0.4, 0.5) is 4.39 Å². The summed E-state index contributed by atoms with van der Waals surface area (Å²) in [5, 5.41) is 15.1. The van der Waals surface area contributed by atoms with Crippen LogP contribution in [0.2, 0.25) is 0 Å². The van der Waals surface area contributed by atoms with Crippen molar-refractivity contribution in [3.05, 3.63) is 35.6 Å². The molecule has 0 aromatic heterocycles. The van der Waals surface area contributed by atoms with Crippen LogP contribution in [0, 0.1) is 5.82 Å². The molecule has 1 aromatic carbocycles. The minimum Gasteiger partial charge on any atom is -0.481 e. The van der Waals surface area contributed by atoms with Crippen molar-refractivity contribution in [2.75, 3.05) is 19.6 Å². The van der Waals surface area contributed by atoms with Crippen LogP contribution in [-0.4, -0.2) is 36.2 Å². The van der Waals surface area contributed by atoms with E-state index >= 15 is 0 Å². The van der Waals surface area contributed by atoms with Crippen molar-refractivity contribution in [1.82, 2.24) is 10.6 Å². The second kappa shape index (κ2) is 5.46. The molecule has 0 amide bonds. The van der Waals surface area contributed by atoms with Crippen molar-refractivity contribution in [3.63, 3.8) is 0 Å². The van der Waals surface area contributed by atoms with E-state index in [0.717, 1.165) is 0 Å². The maximum atomic E-state index is 13.4. The van der Waals surface area contributed by atoms with E-state index in [0.29, 0.717) is 31.6 Å². The van der Waals surface area contributed by atoms with Crippen LogP contribution in [-0.2, 0) is 11.2 Å². The summed E-state index contributed by atoms with van der Waals surface area (Å²) >= 11 is 0. The third-order valence-corrected chi connectivity index (χ3v) is 3.27. The van der Waals surface area contributed by atoms with Crippen molar-refractivity contribution in [2.45, 2.75) is 18.4 Å². The lowest BCUT2D eigenvalue weighted by Crippen LogP contribution is -2.68. The third-order valence-electron chi connectivity index (χ3n) is 3.27. The average Bonchev–Trinajstić information content (AvgIpc) is 2.27. The molecule has 2 rings (SSSR count). The van der Waals surface area contributed by atoms with Crippen molar-refractivity contribution in [3.8, 4) is 0 Å². The molecule has 0 saturated carbocycles. The SMILES string of the molecule is O=C(O)CC1(NCCc2ccccc2F)CNC1. The highest BCUT2D eigenvalue weighted by Crippen LogP contribution is 2.16. The zero-order chi connectivity index (χ0) is 13.0. The molecule has 1 aromatic rings. The number of benzene rings is 1. The van der Waals surface area contributed by atoms with Crippen LogP contribution in [0.15, 0.2) is 24.3 Å². The summed E-state index contributed by atoms with van der Waals surface area (Å²) < 4.78 is 13.4. The molecule has 1 fully saturated rings. The number of aliphatic carboxylic acids is 1. The molecule has 1 aliphatic heterocycles. The molecule has 0 bridgehead atoms. The van der Waals surface area contributed by atoms with Crippen molar-refractivity contribution in [1.29, 1.82) is 0 Å². The molecule has 0 aliphatic carbocycles. The second-order valence-corrected chi connectivity index (χ2v) is 4.72. The highest BCUT2D eigenvalue weighted by Gasteiger charge is 2.38. The van der Waals surface area contributed by atoms with Gasteiger partial charge in [0.15, 0.2) is 0 Å². The maximum absolute atomic E-state index is 13.4. The first kappa shape index (κ1) is 13.0. The fourth-order valence-corrected chi connectivity index (χ4v) is 2.19.